The van der Waals surface area contributed by atoms with Crippen molar-refractivity contribution in [3.8, 4) is 17.1 Å². The fourth-order valence-electron chi connectivity index (χ4n) is 7.14. The summed E-state index contributed by atoms with van der Waals surface area (Å²) >= 11 is 8.34. The second-order valence-corrected chi connectivity index (χ2v) is 13.3. The minimum atomic E-state index is -0.496. The lowest BCUT2D eigenvalue weighted by molar-refractivity contribution is 0.0717. The van der Waals surface area contributed by atoms with Gasteiger partial charge < -0.3 is 25.4 Å². The second kappa shape index (κ2) is 14.9. The predicted octanol–water partition coefficient (Wildman–Crippen LogP) is 7.15. The molecule has 12 heteroatoms. The van der Waals surface area contributed by atoms with Crippen LogP contribution in [0.5, 0.6) is 6.01 Å². The number of halogens is 2. The Hall–Kier alpha value is -2.83. The van der Waals surface area contributed by atoms with Crippen molar-refractivity contribution in [1.82, 2.24) is 25.2 Å². The van der Waals surface area contributed by atoms with E-state index in [1.54, 1.807) is 26.4 Å². The van der Waals surface area contributed by atoms with Gasteiger partial charge in [-0.05, 0) is 63.4 Å². The molecule has 6 heterocycles. The molecule has 3 N–H and O–H groups in total. The Labute approximate surface area is 280 Å². The smallest absolute Gasteiger partial charge is 0.319 e. The van der Waals surface area contributed by atoms with Crippen LogP contribution in [0, 0.1) is 5.82 Å². The number of piperazine rings is 1. The summed E-state index contributed by atoms with van der Waals surface area (Å²) in [4.78, 5) is 18.9. The Morgan fingerprint density at radius 1 is 1.11 bits per heavy atom. The van der Waals surface area contributed by atoms with Gasteiger partial charge in [-0.1, -0.05) is 39.3 Å². The first-order chi connectivity index (χ1) is 22.3. The van der Waals surface area contributed by atoms with Crippen molar-refractivity contribution in [2.45, 2.75) is 77.4 Å². The number of fused-ring (bicyclic) bond motifs is 4. The van der Waals surface area contributed by atoms with E-state index in [4.69, 9.17) is 32.0 Å². The number of aromatic nitrogens is 3. The van der Waals surface area contributed by atoms with Gasteiger partial charge in [-0.3, -0.25) is 4.90 Å². The van der Waals surface area contributed by atoms with Gasteiger partial charge in [0.25, 0.3) is 0 Å². The number of pyridine rings is 1. The molecule has 3 fully saturated rings. The summed E-state index contributed by atoms with van der Waals surface area (Å²) in [5, 5.41) is 6.44. The summed E-state index contributed by atoms with van der Waals surface area (Å²) in [6, 6.07) is 6.43. The van der Waals surface area contributed by atoms with E-state index >= 15 is 4.39 Å². The van der Waals surface area contributed by atoms with E-state index < -0.39 is 5.82 Å². The first-order valence-electron chi connectivity index (χ1n) is 16.4. The Morgan fingerprint density at radius 3 is 2.50 bits per heavy atom. The fraction of sp³-hybridized carbons (Fsp3) is 0.559. The summed E-state index contributed by atoms with van der Waals surface area (Å²) in [6.45, 7) is 12.5. The van der Waals surface area contributed by atoms with Crippen LogP contribution in [0.3, 0.4) is 0 Å². The minimum Gasteiger partial charge on any atom is -0.461 e. The molecule has 2 bridgehead atoms. The number of hydrogen-bond donors (Lipinski definition) is 2. The van der Waals surface area contributed by atoms with Crippen LogP contribution in [0.4, 0.5) is 16.0 Å². The number of ether oxygens (including phenoxy) is 2. The van der Waals surface area contributed by atoms with Gasteiger partial charge >= 0.3 is 6.01 Å². The summed E-state index contributed by atoms with van der Waals surface area (Å²) < 4.78 is 28.2. The molecular formula is C34H47ClFN7O2S. The maximum absolute atomic E-state index is 16.7. The van der Waals surface area contributed by atoms with E-state index in [0.29, 0.717) is 51.8 Å². The molecule has 0 amide bonds. The average molecular weight is 672 g/mol. The lowest BCUT2D eigenvalue weighted by Crippen LogP contribution is -2.51. The number of likely N-dealkylation sites (N-methyl/N-ethyl adjacent to an activating group) is 1. The van der Waals surface area contributed by atoms with E-state index in [1.807, 2.05) is 25.3 Å². The highest BCUT2D eigenvalue weighted by Gasteiger charge is 2.40. The van der Waals surface area contributed by atoms with E-state index in [2.05, 4.69) is 38.7 Å². The van der Waals surface area contributed by atoms with E-state index in [-0.39, 0.29) is 22.6 Å². The summed E-state index contributed by atoms with van der Waals surface area (Å²) in [6.07, 6.45) is 5.43. The highest BCUT2D eigenvalue weighted by molar-refractivity contribution is 7.17. The third-order valence-electron chi connectivity index (χ3n) is 9.32. The number of nitrogens with two attached hydrogens (primary N) is 1. The van der Waals surface area contributed by atoms with E-state index in [0.717, 1.165) is 63.0 Å². The summed E-state index contributed by atoms with van der Waals surface area (Å²) in [5.74, 6) is 0.558. The monoisotopic (exact) mass is 671 g/mol. The highest BCUT2D eigenvalue weighted by atomic mass is 35.5. The maximum atomic E-state index is 16.7. The molecule has 4 aromatic rings. The summed E-state index contributed by atoms with van der Waals surface area (Å²) in [7, 11) is 3.25. The first-order valence-corrected chi connectivity index (χ1v) is 17.7. The lowest BCUT2D eigenvalue weighted by Gasteiger charge is -2.37. The van der Waals surface area contributed by atoms with Crippen LogP contribution in [0.25, 0.3) is 32.2 Å². The average Bonchev–Trinajstić information content (AvgIpc) is 3.77. The Bertz CT molecular complexity index is 1640. The number of rotatable bonds is 7. The number of likely N-dealkylation sites (tertiary alicyclic amines) is 1. The van der Waals surface area contributed by atoms with Gasteiger partial charge in [0.15, 0.2) is 5.82 Å². The number of benzene rings is 1. The molecule has 0 spiro atoms. The second-order valence-electron chi connectivity index (χ2n) is 12.0. The van der Waals surface area contributed by atoms with Crippen molar-refractivity contribution in [3.63, 3.8) is 0 Å². The molecule has 46 heavy (non-hydrogen) atoms. The topological polar surface area (TPSA) is 102 Å². The molecule has 3 aliphatic rings. The van der Waals surface area contributed by atoms with Gasteiger partial charge in [-0.25, -0.2) is 9.37 Å². The van der Waals surface area contributed by atoms with Crippen molar-refractivity contribution >= 4 is 55.7 Å². The number of anilines is 2. The third-order valence-corrected chi connectivity index (χ3v) is 10.6. The van der Waals surface area contributed by atoms with Gasteiger partial charge in [0.05, 0.1) is 20.8 Å². The fourth-order valence-corrected chi connectivity index (χ4v) is 8.32. The molecule has 0 aliphatic carbocycles. The van der Waals surface area contributed by atoms with Crippen LogP contribution < -0.4 is 20.7 Å². The molecule has 0 radical (unpaired) electrons. The lowest BCUT2D eigenvalue weighted by atomic mass is 9.94. The predicted molar refractivity (Wildman–Crippen MR) is 189 cm³/mol. The third kappa shape index (κ3) is 6.62. The van der Waals surface area contributed by atoms with Gasteiger partial charge in [-0.15, -0.1) is 11.3 Å². The van der Waals surface area contributed by atoms with Crippen molar-refractivity contribution < 1.29 is 13.9 Å². The van der Waals surface area contributed by atoms with Gasteiger partial charge in [0.2, 0.25) is 0 Å². The van der Waals surface area contributed by atoms with Crippen molar-refractivity contribution in [2.75, 3.05) is 57.6 Å². The van der Waals surface area contributed by atoms with Crippen molar-refractivity contribution in [3.05, 3.63) is 34.4 Å². The first kappa shape index (κ1) is 34.5. The molecule has 3 aliphatic heterocycles. The molecule has 3 saturated heterocycles. The van der Waals surface area contributed by atoms with Gasteiger partial charge in [-0.2, -0.15) is 9.97 Å². The van der Waals surface area contributed by atoms with Crippen molar-refractivity contribution in [2.24, 2.45) is 0 Å². The summed E-state index contributed by atoms with van der Waals surface area (Å²) in [5.41, 5.74) is 7.65. The molecular weight excluding hydrogens is 625 g/mol. The van der Waals surface area contributed by atoms with Crippen LogP contribution in [0.15, 0.2) is 23.6 Å². The number of hydrogen-bond acceptors (Lipinski definition) is 10. The van der Waals surface area contributed by atoms with Gasteiger partial charge in [0.1, 0.15) is 23.8 Å². The van der Waals surface area contributed by atoms with Gasteiger partial charge in [0, 0.05) is 61.3 Å². The van der Waals surface area contributed by atoms with Crippen molar-refractivity contribution in [1.29, 1.82) is 0 Å². The normalized spacial score (nSPS) is 22.5. The van der Waals surface area contributed by atoms with E-state index in [1.165, 1.54) is 11.3 Å². The van der Waals surface area contributed by atoms with Crippen LogP contribution in [-0.4, -0.2) is 84.5 Å². The SMILES string of the molecule is CC.CCN1CCCC1(CC)COc1nc(N2CC3CCC(C2)N3)c2cc(Cl)c(-c3csc4ccc(N)nc34)c(F)c2n1.COC. The Kier molecular flexibility index (Phi) is 11.2. The van der Waals surface area contributed by atoms with Crippen LogP contribution >= 0.6 is 22.9 Å². The maximum Gasteiger partial charge on any atom is 0.319 e. The molecule has 1 aromatic carbocycles. The number of nitrogens with zero attached hydrogens (tertiary/aromatic N) is 5. The largest absolute Gasteiger partial charge is 0.461 e. The highest BCUT2D eigenvalue weighted by Crippen LogP contribution is 2.43. The molecule has 0 saturated carbocycles. The number of thiophene rings is 1. The zero-order valence-electron chi connectivity index (χ0n) is 27.8. The zero-order chi connectivity index (χ0) is 33.0. The minimum absolute atomic E-state index is 0.0632. The molecule has 9 nitrogen and oxygen atoms in total. The number of methoxy groups -OCH3 is 1. The zero-order valence-corrected chi connectivity index (χ0v) is 29.4. The van der Waals surface area contributed by atoms with Crippen LogP contribution in [0.2, 0.25) is 5.02 Å². The number of nitrogen functional groups attached to an aromatic ring is 1. The quantitative estimate of drug-likeness (QED) is 0.212. The molecule has 7 rings (SSSR count). The Balaban J connectivity index is 0.000000789. The molecule has 3 aromatic heterocycles. The van der Waals surface area contributed by atoms with Crippen LogP contribution in [0.1, 0.15) is 59.8 Å². The Morgan fingerprint density at radius 2 is 1.83 bits per heavy atom. The van der Waals surface area contributed by atoms with Crippen LogP contribution in [-0.2, 0) is 4.74 Å². The number of nitrogens with one attached hydrogen (secondary N) is 1. The van der Waals surface area contributed by atoms with E-state index in [9.17, 15) is 0 Å². The standard InChI is InChI=1S/C30H35ClFN7OS.C2H6O.C2H6/c1-3-30(10-5-11-39(30)4-2)16-40-29-36-27-19(28(37-29)38-13-17-6-7-18(14-38)34-17)12-21(31)24(25(27)32)20-15-41-22-8-9-23(33)35-26(20)22;1-3-2;1-2/h8-9,12,15,17-18,34H,3-7,10-11,13-14,16H2,1-2H3,(H2,33,35);1-2H3;1-2H3. The molecule has 3 atom stereocenters. The molecule has 250 valence electrons. The molecule has 3 unspecified atom stereocenters.